The molecule has 0 saturated carbocycles. The van der Waals surface area contributed by atoms with E-state index in [0.29, 0.717) is 11.6 Å². The highest BCUT2D eigenvalue weighted by atomic mass is 19.1. The lowest BCUT2D eigenvalue weighted by Gasteiger charge is -2.34. The Kier molecular flexibility index (Phi) is 4.19. The lowest BCUT2D eigenvalue weighted by molar-refractivity contribution is 0.0853. The van der Waals surface area contributed by atoms with Crippen LogP contribution in [-0.2, 0) is 4.74 Å². The van der Waals surface area contributed by atoms with E-state index in [1.165, 1.54) is 6.07 Å². The maximum atomic E-state index is 13.8. The van der Waals surface area contributed by atoms with Crippen molar-refractivity contribution in [3.63, 3.8) is 0 Å². The summed E-state index contributed by atoms with van der Waals surface area (Å²) in [5.74, 6) is -0.346. The Hall–Kier alpha value is -1.13. The lowest BCUT2D eigenvalue weighted by Crippen LogP contribution is -2.37. The Morgan fingerprint density at radius 3 is 2.67 bits per heavy atom. The van der Waals surface area contributed by atoms with Crippen LogP contribution < -0.4 is 4.90 Å². The Morgan fingerprint density at radius 2 is 2.06 bits per heavy atom. The van der Waals surface area contributed by atoms with Crippen molar-refractivity contribution in [2.45, 2.75) is 31.9 Å². The van der Waals surface area contributed by atoms with Gasteiger partial charge in [0.2, 0.25) is 0 Å². The molecule has 4 heteroatoms. The van der Waals surface area contributed by atoms with Gasteiger partial charge in [0.05, 0.1) is 6.10 Å². The minimum absolute atomic E-state index is 0.345. The molecule has 1 aliphatic rings. The van der Waals surface area contributed by atoms with Crippen LogP contribution in [0.1, 0.15) is 31.4 Å². The van der Waals surface area contributed by atoms with E-state index < -0.39 is 6.10 Å². The van der Waals surface area contributed by atoms with E-state index >= 15 is 0 Å². The van der Waals surface area contributed by atoms with E-state index in [1.807, 2.05) is 13.1 Å². The molecule has 1 atom stereocenters. The smallest absolute Gasteiger partial charge is 0.131 e. The molecule has 3 nitrogen and oxygen atoms in total. The van der Waals surface area contributed by atoms with Gasteiger partial charge in [0, 0.05) is 37.6 Å². The molecule has 1 heterocycles. The first-order valence-electron chi connectivity index (χ1n) is 6.38. The largest absolute Gasteiger partial charge is 0.389 e. The van der Waals surface area contributed by atoms with Crippen molar-refractivity contribution in [3.8, 4) is 0 Å². The normalized spacial score (nSPS) is 18.7. The summed E-state index contributed by atoms with van der Waals surface area (Å²) < 4.78 is 19.2. The standard InChI is InChI=1S/C14H20FNO2/c1-10(17)14-12(15)4-3-5-13(14)16(2)11-6-8-18-9-7-11/h3-5,10-11,17H,6-9H2,1-2H3. The van der Waals surface area contributed by atoms with Crippen LogP contribution in [0.5, 0.6) is 0 Å². The molecule has 1 aromatic rings. The van der Waals surface area contributed by atoms with Crippen LogP contribution >= 0.6 is 0 Å². The number of hydrogen-bond acceptors (Lipinski definition) is 3. The van der Waals surface area contributed by atoms with Crippen LogP contribution in [0.2, 0.25) is 0 Å². The second kappa shape index (κ2) is 5.67. The summed E-state index contributed by atoms with van der Waals surface area (Å²) in [7, 11) is 1.96. The number of halogens is 1. The summed E-state index contributed by atoms with van der Waals surface area (Å²) in [6, 6.07) is 5.29. The highest BCUT2D eigenvalue weighted by Gasteiger charge is 2.23. The Bertz CT molecular complexity index is 403. The third-order valence-corrected chi connectivity index (χ3v) is 3.57. The monoisotopic (exact) mass is 253 g/mol. The van der Waals surface area contributed by atoms with Gasteiger partial charge in [-0.15, -0.1) is 0 Å². The molecular weight excluding hydrogens is 233 g/mol. The van der Waals surface area contributed by atoms with Crippen molar-refractivity contribution in [2.24, 2.45) is 0 Å². The van der Waals surface area contributed by atoms with E-state index in [2.05, 4.69) is 4.90 Å². The summed E-state index contributed by atoms with van der Waals surface area (Å²) in [4.78, 5) is 2.06. The van der Waals surface area contributed by atoms with Gasteiger partial charge in [-0.3, -0.25) is 0 Å². The lowest BCUT2D eigenvalue weighted by atomic mass is 10.0. The molecule has 0 spiro atoms. The zero-order valence-corrected chi connectivity index (χ0v) is 10.9. The summed E-state index contributed by atoms with van der Waals surface area (Å²) in [5, 5.41) is 9.74. The number of aliphatic hydroxyl groups is 1. The van der Waals surface area contributed by atoms with Gasteiger partial charge in [-0.25, -0.2) is 4.39 Å². The molecule has 0 radical (unpaired) electrons. The molecule has 1 fully saturated rings. The minimum Gasteiger partial charge on any atom is -0.389 e. The van der Waals surface area contributed by atoms with Crippen LogP contribution in [0.3, 0.4) is 0 Å². The van der Waals surface area contributed by atoms with Crippen molar-refractivity contribution < 1.29 is 14.2 Å². The quantitative estimate of drug-likeness (QED) is 0.898. The fourth-order valence-corrected chi connectivity index (χ4v) is 2.52. The molecule has 100 valence electrons. The van der Waals surface area contributed by atoms with Crippen molar-refractivity contribution >= 4 is 5.69 Å². The predicted octanol–water partition coefficient (Wildman–Crippen LogP) is 2.49. The van der Waals surface area contributed by atoms with Crippen molar-refractivity contribution in [1.29, 1.82) is 0 Å². The van der Waals surface area contributed by atoms with Crippen LogP contribution in [0.4, 0.5) is 10.1 Å². The van der Waals surface area contributed by atoms with E-state index in [4.69, 9.17) is 4.74 Å². The van der Waals surface area contributed by atoms with Gasteiger partial charge in [-0.2, -0.15) is 0 Å². The van der Waals surface area contributed by atoms with Crippen LogP contribution in [-0.4, -0.2) is 31.4 Å². The minimum atomic E-state index is -0.802. The van der Waals surface area contributed by atoms with Gasteiger partial charge in [0.1, 0.15) is 5.82 Å². The van der Waals surface area contributed by atoms with Crippen LogP contribution in [0, 0.1) is 5.82 Å². The number of aliphatic hydroxyl groups excluding tert-OH is 1. The highest BCUT2D eigenvalue weighted by Crippen LogP contribution is 2.31. The molecule has 1 unspecified atom stereocenters. The van der Waals surface area contributed by atoms with Gasteiger partial charge < -0.3 is 14.7 Å². The van der Waals surface area contributed by atoms with E-state index in [0.717, 1.165) is 31.7 Å². The third-order valence-electron chi connectivity index (χ3n) is 3.57. The van der Waals surface area contributed by atoms with Gasteiger partial charge in [-0.05, 0) is 31.9 Å². The van der Waals surface area contributed by atoms with Crippen molar-refractivity contribution in [3.05, 3.63) is 29.6 Å². The summed E-state index contributed by atoms with van der Waals surface area (Å²) >= 11 is 0. The Morgan fingerprint density at radius 1 is 1.39 bits per heavy atom. The topological polar surface area (TPSA) is 32.7 Å². The molecular formula is C14H20FNO2. The molecule has 1 aromatic carbocycles. The maximum absolute atomic E-state index is 13.8. The Labute approximate surface area is 107 Å². The number of benzene rings is 1. The summed E-state index contributed by atoms with van der Waals surface area (Å²) in [6.45, 7) is 3.09. The first kappa shape index (κ1) is 13.3. The molecule has 0 aromatic heterocycles. The second-order valence-corrected chi connectivity index (χ2v) is 4.80. The van der Waals surface area contributed by atoms with E-state index in [1.54, 1.807) is 13.0 Å². The Balaban J connectivity index is 2.28. The first-order chi connectivity index (χ1) is 8.61. The molecule has 1 aliphatic heterocycles. The first-order valence-corrected chi connectivity index (χ1v) is 6.38. The number of anilines is 1. The molecule has 0 bridgehead atoms. The van der Waals surface area contributed by atoms with E-state index in [9.17, 15) is 9.50 Å². The van der Waals surface area contributed by atoms with Crippen LogP contribution in [0.25, 0.3) is 0 Å². The number of nitrogens with zero attached hydrogens (tertiary/aromatic N) is 1. The number of ether oxygens (including phenoxy) is 1. The fraction of sp³-hybridized carbons (Fsp3) is 0.571. The SMILES string of the molecule is CC(O)c1c(F)cccc1N(C)C1CCOCC1. The van der Waals surface area contributed by atoms with E-state index in [-0.39, 0.29) is 5.82 Å². The molecule has 1 saturated heterocycles. The van der Waals surface area contributed by atoms with Gasteiger partial charge in [-0.1, -0.05) is 6.07 Å². The highest BCUT2D eigenvalue weighted by molar-refractivity contribution is 5.55. The number of rotatable bonds is 3. The second-order valence-electron chi connectivity index (χ2n) is 4.80. The predicted molar refractivity (Wildman–Crippen MR) is 69.3 cm³/mol. The average molecular weight is 253 g/mol. The summed E-state index contributed by atoms with van der Waals surface area (Å²) in [5.41, 5.74) is 1.16. The van der Waals surface area contributed by atoms with Gasteiger partial charge in [0.15, 0.2) is 0 Å². The molecule has 2 rings (SSSR count). The van der Waals surface area contributed by atoms with Crippen LogP contribution in [0.15, 0.2) is 18.2 Å². The molecule has 1 N–H and O–H groups in total. The zero-order chi connectivity index (χ0) is 13.1. The summed E-state index contributed by atoms with van der Waals surface area (Å²) in [6.07, 6.45) is 1.07. The van der Waals surface area contributed by atoms with Crippen molar-refractivity contribution in [1.82, 2.24) is 0 Å². The fourth-order valence-electron chi connectivity index (χ4n) is 2.52. The van der Waals surface area contributed by atoms with Gasteiger partial charge in [0.25, 0.3) is 0 Å². The van der Waals surface area contributed by atoms with Gasteiger partial charge >= 0.3 is 0 Å². The molecule has 18 heavy (non-hydrogen) atoms. The zero-order valence-electron chi connectivity index (χ0n) is 10.9. The average Bonchev–Trinajstić information content (AvgIpc) is 2.38. The molecule has 0 amide bonds. The maximum Gasteiger partial charge on any atom is 0.131 e. The number of hydrogen-bond donors (Lipinski definition) is 1. The van der Waals surface area contributed by atoms with Crippen molar-refractivity contribution in [2.75, 3.05) is 25.2 Å². The third kappa shape index (κ3) is 2.65. The molecule has 0 aliphatic carbocycles.